The van der Waals surface area contributed by atoms with Gasteiger partial charge in [-0.05, 0) is 38.4 Å². The van der Waals surface area contributed by atoms with Gasteiger partial charge in [-0.25, -0.2) is 4.98 Å². The first-order chi connectivity index (χ1) is 16.2. The fourth-order valence-corrected chi connectivity index (χ4v) is 4.84. The largest absolute Gasteiger partial charge is 0.309 e. The molecule has 164 valence electrons. The Labute approximate surface area is 198 Å². The van der Waals surface area contributed by atoms with Crippen LogP contribution in [0.25, 0.3) is 39.2 Å². The number of thioether (sulfide) groups is 1. The number of fused-ring (bicyclic) bond motifs is 1. The molecule has 5 rings (SSSR count). The molecule has 3 aromatic carbocycles. The molecule has 0 N–H and O–H groups in total. The molecule has 0 saturated carbocycles. The van der Waals surface area contributed by atoms with Gasteiger partial charge in [0.15, 0.2) is 11.0 Å². The summed E-state index contributed by atoms with van der Waals surface area (Å²) in [5, 5.41) is 11.3. The number of aromatic nitrogens is 4. The van der Waals surface area contributed by atoms with Crippen molar-refractivity contribution in [3.05, 3.63) is 91.0 Å². The Morgan fingerprint density at radius 1 is 0.818 bits per heavy atom. The van der Waals surface area contributed by atoms with Crippen LogP contribution < -0.4 is 0 Å². The highest BCUT2D eigenvalue weighted by molar-refractivity contribution is 7.99. The SMILES string of the molecule is CN(C)CCSc1nnc(-c2cc(-c3ccccc3)nc3ccccc23)n1-c1ccccc1. The summed E-state index contributed by atoms with van der Waals surface area (Å²) in [6, 6.07) is 31.0. The Morgan fingerprint density at radius 3 is 2.27 bits per heavy atom. The van der Waals surface area contributed by atoms with Gasteiger partial charge >= 0.3 is 0 Å². The van der Waals surface area contributed by atoms with Gasteiger partial charge in [-0.2, -0.15) is 0 Å². The monoisotopic (exact) mass is 451 g/mol. The summed E-state index contributed by atoms with van der Waals surface area (Å²) in [5.41, 5.74) is 5.02. The third-order valence-corrected chi connectivity index (χ3v) is 6.35. The van der Waals surface area contributed by atoms with Gasteiger partial charge in [-0.15, -0.1) is 10.2 Å². The molecule has 2 aromatic heterocycles. The lowest BCUT2D eigenvalue weighted by Crippen LogP contribution is -2.15. The van der Waals surface area contributed by atoms with E-state index in [0.29, 0.717) is 0 Å². The highest BCUT2D eigenvalue weighted by Crippen LogP contribution is 2.34. The minimum Gasteiger partial charge on any atom is -0.309 e. The molecule has 5 aromatic rings. The van der Waals surface area contributed by atoms with Crippen LogP contribution in [0.3, 0.4) is 0 Å². The van der Waals surface area contributed by atoms with Crippen molar-refractivity contribution in [2.75, 3.05) is 26.4 Å². The number of para-hydroxylation sites is 2. The predicted molar refractivity (Wildman–Crippen MR) is 137 cm³/mol. The lowest BCUT2D eigenvalue weighted by molar-refractivity contribution is 0.437. The van der Waals surface area contributed by atoms with E-state index in [1.54, 1.807) is 11.8 Å². The quantitative estimate of drug-likeness (QED) is 0.293. The fourth-order valence-electron chi connectivity index (χ4n) is 3.78. The van der Waals surface area contributed by atoms with Crippen molar-refractivity contribution >= 4 is 22.7 Å². The van der Waals surface area contributed by atoms with E-state index < -0.39 is 0 Å². The number of rotatable bonds is 7. The van der Waals surface area contributed by atoms with Gasteiger partial charge in [-0.1, -0.05) is 78.5 Å². The van der Waals surface area contributed by atoms with Crippen LogP contribution in [0.2, 0.25) is 0 Å². The molecule has 0 aliphatic carbocycles. The molecule has 0 bridgehead atoms. The minimum atomic E-state index is 0.823. The first-order valence-electron chi connectivity index (χ1n) is 10.9. The Morgan fingerprint density at radius 2 is 1.52 bits per heavy atom. The van der Waals surface area contributed by atoms with Gasteiger partial charge in [-0.3, -0.25) is 4.57 Å². The molecule has 0 saturated heterocycles. The molecule has 2 heterocycles. The molecular formula is C27H25N5S. The summed E-state index contributed by atoms with van der Waals surface area (Å²) in [6.07, 6.45) is 0. The van der Waals surface area contributed by atoms with Gasteiger partial charge in [0.1, 0.15) is 0 Å². The number of benzene rings is 3. The molecule has 0 radical (unpaired) electrons. The van der Waals surface area contributed by atoms with Crippen LogP contribution in [0.1, 0.15) is 0 Å². The van der Waals surface area contributed by atoms with E-state index in [-0.39, 0.29) is 0 Å². The summed E-state index contributed by atoms with van der Waals surface area (Å²) >= 11 is 1.72. The molecule has 0 aliphatic heterocycles. The Bertz CT molecular complexity index is 1360. The average Bonchev–Trinajstić information content (AvgIpc) is 3.28. The molecule has 0 atom stereocenters. The molecule has 33 heavy (non-hydrogen) atoms. The molecule has 6 heteroatoms. The summed E-state index contributed by atoms with van der Waals surface area (Å²) in [5.74, 6) is 1.76. The van der Waals surface area contributed by atoms with Crippen LogP contribution in [0.15, 0.2) is 96.2 Å². The summed E-state index contributed by atoms with van der Waals surface area (Å²) in [4.78, 5) is 7.12. The molecular weight excluding hydrogens is 426 g/mol. The Balaban J connectivity index is 1.70. The number of pyridine rings is 1. The zero-order valence-electron chi connectivity index (χ0n) is 18.7. The van der Waals surface area contributed by atoms with E-state index >= 15 is 0 Å². The molecule has 5 nitrogen and oxygen atoms in total. The first-order valence-corrected chi connectivity index (χ1v) is 11.9. The van der Waals surface area contributed by atoms with Crippen LogP contribution in [0, 0.1) is 0 Å². The normalized spacial score (nSPS) is 11.4. The first kappa shape index (κ1) is 21.4. The maximum atomic E-state index is 4.94. The number of nitrogens with zero attached hydrogens (tertiary/aromatic N) is 5. The van der Waals surface area contributed by atoms with E-state index in [1.807, 2.05) is 48.5 Å². The van der Waals surface area contributed by atoms with Crippen molar-refractivity contribution < 1.29 is 0 Å². The lowest BCUT2D eigenvalue weighted by atomic mass is 10.0. The van der Waals surface area contributed by atoms with Gasteiger partial charge in [0.05, 0.1) is 11.2 Å². The van der Waals surface area contributed by atoms with Crippen LogP contribution >= 0.6 is 11.8 Å². The van der Waals surface area contributed by atoms with Crippen molar-refractivity contribution in [1.82, 2.24) is 24.6 Å². The van der Waals surface area contributed by atoms with E-state index in [2.05, 4.69) is 71.1 Å². The smallest absolute Gasteiger partial charge is 0.196 e. The third-order valence-electron chi connectivity index (χ3n) is 5.44. The second-order valence-corrected chi connectivity index (χ2v) is 9.13. The van der Waals surface area contributed by atoms with Gasteiger partial charge < -0.3 is 4.90 Å². The second-order valence-electron chi connectivity index (χ2n) is 8.07. The Hall–Kier alpha value is -3.48. The molecule has 0 amide bonds. The maximum absolute atomic E-state index is 4.94. The van der Waals surface area contributed by atoms with E-state index in [0.717, 1.165) is 56.7 Å². The van der Waals surface area contributed by atoms with Crippen molar-refractivity contribution in [3.8, 4) is 28.3 Å². The van der Waals surface area contributed by atoms with E-state index in [9.17, 15) is 0 Å². The van der Waals surface area contributed by atoms with Gasteiger partial charge in [0, 0.05) is 34.5 Å². The fraction of sp³-hybridized carbons (Fsp3) is 0.148. The molecule has 0 unspecified atom stereocenters. The van der Waals surface area contributed by atoms with E-state index in [1.165, 1.54) is 0 Å². The second kappa shape index (κ2) is 9.57. The zero-order chi connectivity index (χ0) is 22.6. The Kier molecular flexibility index (Phi) is 6.19. The van der Waals surface area contributed by atoms with Crippen LogP contribution in [-0.2, 0) is 0 Å². The van der Waals surface area contributed by atoms with Gasteiger partial charge in [0.25, 0.3) is 0 Å². The van der Waals surface area contributed by atoms with Crippen molar-refractivity contribution in [3.63, 3.8) is 0 Å². The summed E-state index contributed by atoms with van der Waals surface area (Å²) < 4.78 is 2.16. The minimum absolute atomic E-state index is 0.823. The molecule has 0 fully saturated rings. The van der Waals surface area contributed by atoms with Crippen molar-refractivity contribution in [1.29, 1.82) is 0 Å². The maximum Gasteiger partial charge on any atom is 0.196 e. The van der Waals surface area contributed by atoms with E-state index in [4.69, 9.17) is 10.1 Å². The zero-order valence-corrected chi connectivity index (χ0v) is 19.5. The highest BCUT2D eigenvalue weighted by Gasteiger charge is 2.19. The number of hydrogen-bond donors (Lipinski definition) is 0. The summed E-state index contributed by atoms with van der Waals surface area (Å²) in [7, 11) is 4.17. The lowest BCUT2D eigenvalue weighted by Gasteiger charge is -2.14. The van der Waals surface area contributed by atoms with Crippen molar-refractivity contribution in [2.24, 2.45) is 0 Å². The summed E-state index contributed by atoms with van der Waals surface area (Å²) in [6.45, 7) is 0.970. The van der Waals surface area contributed by atoms with Crippen LogP contribution in [0.5, 0.6) is 0 Å². The number of hydrogen-bond acceptors (Lipinski definition) is 5. The average molecular weight is 452 g/mol. The predicted octanol–water partition coefficient (Wildman–Crippen LogP) is 5.80. The molecule has 0 aliphatic rings. The third kappa shape index (κ3) is 4.53. The highest BCUT2D eigenvalue weighted by atomic mass is 32.2. The molecule has 0 spiro atoms. The van der Waals surface area contributed by atoms with Crippen LogP contribution in [0.4, 0.5) is 0 Å². The van der Waals surface area contributed by atoms with Gasteiger partial charge in [0.2, 0.25) is 0 Å². The topological polar surface area (TPSA) is 46.8 Å². The van der Waals surface area contributed by atoms with Crippen molar-refractivity contribution in [2.45, 2.75) is 5.16 Å². The van der Waals surface area contributed by atoms with Crippen LogP contribution in [-0.4, -0.2) is 51.0 Å². The standard InChI is InChI=1S/C27H25N5S/c1-31(2)17-18-33-27-30-29-26(32(27)21-13-7-4-8-14-21)23-19-25(20-11-5-3-6-12-20)28-24-16-10-9-15-22(23)24/h3-16,19H,17-18H2,1-2H3.